The second-order valence-electron chi connectivity index (χ2n) is 4.55. The first kappa shape index (κ1) is 14.5. The van der Waals surface area contributed by atoms with Crippen molar-refractivity contribution in [2.45, 2.75) is 13.3 Å². The monoisotopic (exact) mass is 291 g/mol. The highest BCUT2D eigenvalue weighted by Gasteiger charge is 2.01. The highest BCUT2D eigenvalue weighted by Crippen LogP contribution is 2.25. The molecule has 0 fully saturated rings. The molecule has 0 heterocycles. The Labute approximate surface area is 124 Å². The summed E-state index contributed by atoms with van der Waals surface area (Å²) in [5.74, 6) is 1.53. The molecule has 4 heteroatoms. The topological polar surface area (TPSA) is 44.5 Å². The zero-order chi connectivity index (χ0) is 14.4. The first-order valence-electron chi connectivity index (χ1n) is 6.52. The summed E-state index contributed by atoms with van der Waals surface area (Å²) >= 11 is 6.08. The number of aryl methyl sites for hydroxylation is 1. The largest absolute Gasteiger partial charge is 0.493 e. The van der Waals surface area contributed by atoms with Gasteiger partial charge in [0.1, 0.15) is 11.5 Å². The molecule has 106 valence electrons. The molecular formula is C16H18ClNO2. The van der Waals surface area contributed by atoms with Crippen LogP contribution in [-0.4, -0.2) is 13.2 Å². The van der Waals surface area contributed by atoms with Gasteiger partial charge < -0.3 is 15.2 Å². The molecule has 0 bridgehead atoms. The van der Waals surface area contributed by atoms with Gasteiger partial charge in [-0.15, -0.1) is 0 Å². The molecule has 2 aromatic rings. The summed E-state index contributed by atoms with van der Waals surface area (Å²) in [7, 11) is 0. The average Bonchev–Trinajstić information content (AvgIpc) is 2.42. The van der Waals surface area contributed by atoms with E-state index >= 15 is 0 Å². The van der Waals surface area contributed by atoms with E-state index in [0.29, 0.717) is 24.0 Å². The van der Waals surface area contributed by atoms with Crippen LogP contribution >= 0.6 is 11.6 Å². The van der Waals surface area contributed by atoms with Gasteiger partial charge in [0.2, 0.25) is 0 Å². The zero-order valence-corrected chi connectivity index (χ0v) is 12.2. The maximum absolute atomic E-state index is 6.08. The third kappa shape index (κ3) is 4.35. The van der Waals surface area contributed by atoms with Gasteiger partial charge >= 0.3 is 0 Å². The molecule has 0 unspecified atom stereocenters. The molecule has 2 aromatic carbocycles. The predicted molar refractivity (Wildman–Crippen MR) is 82.7 cm³/mol. The Morgan fingerprint density at radius 2 is 1.70 bits per heavy atom. The summed E-state index contributed by atoms with van der Waals surface area (Å²) in [5.41, 5.74) is 7.45. The molecule has 0 radical (unpaired) electrons. The van der Waals surface area contributed by atoms with Gasteiger partial charge in [-0.25, -0.2) is 0 Å². The van der Waals surface area contributed by atoms with Crippen LogP contribution in [0, 0.1) is 6.92 Å². The van der Waals surface area contributed by atoms with Crippen molar-refractivity contribution in [3.63, 3.8) is 0 Å². The first-order valence-corrected chi connectivity index (χ1v) is 6.90. The van der Waals surface area contributed by atoms with Crippen LogP contribution < -0.4 is 15.2 Å². The Morgan fingerprint density at radius 3 is 2.40 bits per heavy atom. The molecule has 0 spiro atoms. The zero-order valence-electron chi connectivity index (χ0n) is 11.4. The molecule has 0 atom stereocenters. The molecular weight excluding hydrogens is 274 g/mol. The van der Waals surface area contributed by atoms with E-state index in [1.165, 1.54) is 0 Å². The number of benzene rings is 2. The molecule has 0 aromatic heterocycles. The molecule has 0 aliphatic heterocycles. The van der Waals surface area contributed by atoms with E-state index in [9.17, 15) is 0 Å². The van der Waals surface area contributed by atoms with Crippen molar-refractivity contribution in [1.29, 1.82) is 0 Å². The van der Waals surface area contributed by atoms with Crippen LogP contribution in [0.1, 0.15) is 12.0 Å². The summed E-state index contributed by atoms with van der Waals surface area (Å²) in [4.78, 5) is 0. The molecule has 20 heavy (non-hydrogen) atoms. The lowest BCUT2D eigenvalue weighted by Crippen LogP contribution is -2.05. The van der Waals surface area contributed by atoms with Gasteiger partial charge in [-0.1, -0.05) is 17.7 Å². The number of hydrogen-bond acceptors (Lipinski definition) is 3. The van der Waals surface area contributed by atoms with Gasteiger partial charge in [-0.2, -0.15) is 0 Å². The van der Waals surface area contributed by atoms with Crippen molar-refractivity contribution in [2.75, 3.05) is 18.9 Å². The van der Waals surface area contributed by atoms with Crippen molar-refractivity contribution in [1.82, 2.24) is 0 Å². The van der Waals surface area contributed by atoms with Crippen molar-refractivity contribution >= 4 is 17.3 Å². The predicted octanol–water partition coefficient (Wildman–Crippen LogP) is 4.08. The lowest BCUT2D eigenvalue weighted by Gasteiger charge is -2.09. The van der Waals surface area contributed by atoms with Crippen LogP contribution in [0.25, 0.3) is 0 Å². The summed E-state index contributed by atoms with van der Waals surface area (Å²) in [6.45, 7) is 3.15. The highest BCUT2D eigenvalue weighted by molar-refractivity contribution is 6.32. The van der Waals surface area contributed by atoms with Gasteiger partial charge in [-0.3, -0.25) is 0 Å². The number of hydrogen-bond donors (Lipinski definition) is 1. The van der Waals surface area contributed by atoms with Gasteiger partial charge in [-0.05, 0) is 48.9 Å². The molecule has 0 saturated carbocycles. The van der Waals surface area contributed by atoms with Crippen molar-refractivity contribution < 1.29 is 9.47 Å². The van der Waals surface area contributed by atoms with Crippen LogP contribution in [0.4, 0.5) is 5.69 Å². The molecule has 0 amide bonds. The Hall–Kier alpha value is -1.87. The fourth-order valence-corrected chi connectivity index (χ4v) is 2.01. The number of rotatable bonds is 6. The van der Waals surface area contributed by atoms with Gasteiger partial charge in [0.15, 0.2) is 0 Å². The van der Waals surface area contributed by atoms with Crippen molar-refractivity contribution in [3.05, 3.63) is 53.1 Å². The smallest absolute Gasteiger partial charge is 0.137 e. The van der Waals surface area contributed by atoms with E-state index in [0.717, 1.165) is 23.4 Å². The molecule has 2 rings (SSSR count). The van der Waals surface area contributed by atoms with E-state index in [4.69, 9.17) is 26.8 Å². The van der Waals surface area contributed by atoms with Crippen LogP contribution in [0.5, 0.6) is 11.5 Å². The number of nitrogens with two attached hydrogens (primary N) is 1. The third-order valence-corrected chi connectivity index (χ3v) is 3.08. The lowest BCUT2D eigenvalue weighted by molar-refractivity contribution is 0.247. The van der Waals surface area contributed by atoms with E-state index in [2.05, 4.69) is 0 Å². The summed E-state index contributed by atoms with van der Waals surface area (Å²) in [5, 5.41) is 0.643. The number of nitrogen functional groups attached to an aromatic ring is 1. The lowest BCUT2D eigenvalue weighted by atomic mass is 10.2. The third-order valence-electron chi connectivity index (χ3n) is 2.78. The van der Waals surface area contributed by atoms with Gasteiger partial charge in [0.25, 0.3) is 0 Å². The molecule has 0 aliphatic carbocycles. The van der Waals surface area contributed by atoms with Crippen LogP contribution in [0.2, 0.25) is 5.02 Å². The minimum absolute atomic E-state index is 0.567. The van der Waals surface area contributed by atoms with E-state index in [-0.39, 0.29) is 0 Å². The Morgan fingerprint density at radius 1 is 1.00 bits per heavy atom. The van der Waals surface area contributed by atoms with Crippen molar-refractivity contribution in [3.8, 4) is 11.5 Å². The fraction of sp³-hybridized carbons (Fsp3) is 0.250. The Kier molecular flexibility index (Phi) is 5.13. The van der Waals surface area contributed by atoms with Crippen LogP contribution in [-0.2, 0) is 0 Å². The minimum atomic E-state index is 0.567. The number of halogens is 1. The first-order chi connectivity index (χ1) is 9.65. The average molecular weight is 292 g/mol. The van der Waals surface area contributed by atoms with E-state index < -0.39 is 0 Å². The minimum Gasteiger partial charge on any atom is -0.493 e. The molecule has 0 saturated heterocycles. The van der Waals surface area contributed by atoms with Gasteiger partial charge in [0, 0.05) is 12.1 Å². The standard InChI is InChI=1S/C16H18ClNO2/c1-12-3-8-16(15(17)11-12)20-10-2-9-19-14-6-4-13(18)5-7-14/h3-8,11H,2,9-10,18H2,1H3. The molecule has 3 nitrogen and oxygen atoms in total. The van der Waals surface area contributed by atoms with Gasteiger partial charge in [0.05, 0.1) is 18.2 Å². The quantitative estimate of drug-likeness (QED) is 0.644. The fourth-order valence-electron chi connectivity index (χ4n) is 1.72. The van der Waals surface area contributed by atoms with E-state index in [1.54, 1.807) is 0 Å². The van der Waals surface area contributed by atoms with Crippen molar-refractivity contribution in [2.24, 2.45) is 0 Å². The summed E-state index contributed by atoms with van der Waals surface area (Å²) in [6, 6.07) is 13.1. The van der Waals surface area contributed by atoms with Crippen LogP contribution in [0.15, 0.2) is 42.5 Å². The van der Waals surface area contributed by atoms with Crippen LogP contribution in [0.3, 0.4) is 0 Å². The second-order valence-corrected chi connectivity index (χ2v) is 4.96. The molecule has 2 N–H and O–H groups in total. The highest BCUT2D eigenvalue weighted by atomic mass is 35.5. The number of anilines is 1. The number of ether oxygens (including phenoxy) is 2. The van der Waals surface area contributed by atoms with E-state index in [1.807, 2.05) is 49.4 Å². The molecule has 0 aliphatic rings. The SMILES string of the molecule is Cc1ccc(OCCCOc2ccc(N)cc2)c(Cl)c1. The second kappa shape index (κ2) is 7.06. The summed E-state index contributed by atoms with van der Waals surface area (Å²) < 4.78 is 11.2. The maximum atomic E-state index is 6.08. The summed E-state index contributed by atoms with van der Waals surface area (Å²) in [6.07, 6.45) is 0.786. The normalized spacial score (nSPS) is 10.3. The Balaban J connectivity index is 1.70. The maximum Gasteiger partial charge on any atom is 0.137 e. The Bertz CT molecular complexity index is 555.